The van der Waals surface area contributed by atoms with Crippen LogP contribution in [0.3, 0.4) is 0 Å². The van der Waals surface area contributed by atoms with Crippen LogP contribution < -0.4 is 10.1 Å². The summed E-state index contributed by atoms with van der Waals surface area (Å²) in [6, 6.07) is 8.39. The fourth-order valence-electron chi connectivity index (χ4n) is 1.65. The second-order valence-electron chi connectivity index (χ2n) is 4.29. The molecule has 0 saturated carbocycles. The van der Waals surface area contributed by atoms with E-state index < -0.39 is 0 Å². The summed E-state index contributed by atoms with van der Waals surface area (Å²) in [6.07, 6.45) is 0. The van der Waals surface area contributed by atoms with Crippen LogP contribution in [0.5, 0.6) is 5.75 Å². The lowest BCUT2D eigenvalue weighted by Gasteiger charge is -2.13. The fraction of sp³-hybridized carbons (Fsp3) is 0.214. The molecule has 0 saturated heterocycles. The van der Waals surface area contributed by atoms with E-state index in [-0.39, 0.29) is 18.6 Å². The molecule has 7 heteroatoms. The van der Waals surface area contributed by atoms with Gasteiger partial charge in [-0.3, -0.25) is 4.79 Å². The average Bonchev–Trinajstić information content (AvgIpc) is 2.86. The van der Waals surface area contributed by atoms with Crippen molar-refractivity contribution in [2.45, 2.75) is 13.0 Å². The molecule has 1 heterocycles. The van der Waals surface area contributed by atoms with Crippen molar-refractivity contribution < 1.29 is 9.53 Å². The van der Waals surface area contributed by atoms with Crippen molar-refractivity contribution in [1.29, 1.82) is 0 Å². The molecule has 0 spiro atoms. The summed E-state index contributed by atoms with van der Waals surface area (Å²) < 4.78 is 6.06. The number of amides is 1. The molecule has 1 amide bonds. The number of carbonyl (C=O) groups excluding carboxylic acids is 1. The highest BCUT2D eigenvalue weighted by atomic mass is 35.5. The Morgan fingerprint density at radius 2 is 2.05 bits per heavy atom. The molecule has 0 radical (unpaired) electrons. The first-order chi connectivity index (χ1) is 9.95. The molecule has 112 valence electrons. The summed E-state index contributed by atoms with van der Waals surface area (Å²) in [5.41, 5.74) is 0. The summed E-state index contributed by atoms with van der Waals surface area (Å²) >= 11 is 19.1. The molecule has 2 rings (SSSR count). The SMILES string of the molecule is CC(NC(=O)COc1cc(Cl)ccc1Cl)c1ccc(Cl)s1. The van der Waals surface area contributed by atoms with E-state index in [1.807, 2.05) is 13.0 Å². The van der Waals surface area contributed by atoms with Gasteiger partial charge in [-0.2, -0.15) is 0 Å². The second kappa shape index (κ2) is 7.36. The Bertz CT molecular complexity index is 645. The van der Waals surface area contributed by atoms with E-state index in [0.717, 1.165) is 4.88 Å². The van der Waals surface area contributed by atoms with Gasteiger partial charge in [0.25, 0.3) is 5.91 Å². The third-order valence-electron chi connectivity index (χ3n) is 2.65. The Labute approximate surface area is 141 Å². The van der Waals surface area contributed by atoms with E-state index in [4.69, 9.17) is 39.5 Å². The Kier molecular flexibility index (Phi) is 5.76. The van der Waals surface area contributed by atoms with Crippen LogP contribution >= 0.6 is 46.1 Å². The molecule has 0 bridgehead atoms. The molecule has 0 aliphatic carbocycles. The maximum absolute atomic E-state index is 11.9. The number of halogens is 3. The lowest BCUT2D eigenvalue weighted by Crippen LogP contribution is -2.30. The van der Waals surface area contributed by atoms with Crippen LogP contribution in [0, 0.1) is 0 Å². The zero-order valence-corrected chi connectivity index (χ0v) is 14.1. The van der Waals surface area contributed by atoms with Crippen molar-refractivity contribution in [3.05, 3.63) is 49.6 Å². The first-order valence-electron chi connectivity index (χ1n) is 6.08. The van der Waals surface area contributed by atoms with Gasteiger partial charge in [0.15, 0.2) is 6.61 Å². The van der Waals surface area contributed by atoms with Crippen molar-refractivity contribution in [2.75, 3.05) is 6.61 Å². The maximum Gasteiger partial charge on any atom is 0.258 e. The molecular formula is C14H12Cl3NO2S. The van der Waals surface area contributed by atoms with Gasteiger partial charge in [-0.15, -0.1) is 11.3 Å². The first kappa shape index (κ1) is 16.4. The molecule has 1 aromatic carbocycles. The molecule has 2 aromatic rings. The molecule has 0 aliphatic heterocycles. The number of benzene rings is 1. The van der Waals surface area contributed by atoms with E-state index in [9.17, 15) is 4.79 Å². The minimum atomic E-state index is -0.247. The smallest absolute Gasteiger partial charge is 0.258 e. The van der Waals surface area contributed by atoms with Crippen LogP contribution in [0.2, 0.25) is 14.4 Å². The van der Waals surface area contributed by atoms with Crippen molar-refractivity contribution in [3.63, 3.8) is 0 Å². The van der Waals surface area contributed by atoms with Gasteiger partial charge in [0.05, 0.1) is 15.4 Å². The molecule has 21 heavy (non-hydrogen) atoms. The van der Waals surface area contributed by atoms with Crippen molar-refractivity contribution in [3.8, 4) is 5.75 Å². The van der Waals surface area contributed by atoms with E-state index in [1.165, 1.54) is 11.3 Å². The number of carbonyl (C=O) groups is 1. The van der Waals surface area contributed by atoms with Crippen molar-refractivity contribution in [1.82, 2.24) is 5.32 Å². The Hall–Kier alpha value is -0.940. The number of thiophene rings is 1. The van der Waals surface area contributed by atoms with Gasteiger partial charge in [-0.05, 0) is 31.2 Å². The highest BCUT2D eigenvalue weighted by molar-refractivity contribution is 7.16. The summed E-state index contributed by atoms with van der Waals surface area (Å²) in [5.74, 6) is 0.134. The highest BCUT2D eigenvalue weighted by Crippen LogP contribution is 2.28. The molecule has 3 nitrogen and oxygen atoms in total. The van der Waals surface area contributed by atoms with E-state index >= 15 is 0 Å². The molecule has 1 unspecified atom stereocenters. The Balaban J connectivity index is 1.89. The lowest BCUT2D eigenvalue weighted by atomic mass is 10.3. The molecule has 0 aliphatic rings. The lowest BCUT2D eigenvalue weighted by molar-refractivity contribution is -0.123. The van der Waals surface area contributed by atoms with Crippen LogP contribution in [-0.4, -0.2) is 12.5 Å². The quantitative estimate of drug-likeness (QED) is 0.814. The zero-order chi connectivity index (χ0) is 15.4. The van der Waals surface area contributed by atoms with Crippen molar-refractivity contribution in [2.24, 2.45) is 0 Å². The molecule has 0 fully saturated rings. The van der Waals surface area contributed by atoms with Crippen LogP contribution in [0.15, 0.2) is 30.3 Å². The molecule has 1 N–H and O–H groups in total. The van der Waals surface area contributed by atoms with Crippen LogP contribution in [0.1, 0.15) is 17.8 Å². The van der Waals surface area contributed by atoms with Gasteiger partial charge in [0.2, 0.25) is 0 Å². The van der Waals surface area contributed by atoms with Crippen molar-refractivity contribution >= 4 is 52.0 Å². The van der Waals surface area contributed by atoms with Gasteiger partial charge >= 0.3 is 0 Å². The summed E-state index contributed by atoms with van der Waals surface area (Å²) in [5, 5.41) is 3.73. The van der Waals surface area contributed by atoms with Crippen LogP contribution in [-0.2, 0) is 4.79 Å². The monoisotopic (exact) mass is 363 g/mol. The maximum atomic E-state index is 11.9. The van der Waals surface area contributed by atoms with Crippen LogP contribution in [0.25, 0.3) is 0 Å². The number of ether oxygens (including phenoxy) is 1. The van der Waals surface area contributed by atoms with E-state index in [1.54, 1.807) is 24.3 Å². The molecular weight excluding hydrogens is 353 g/mol. The Morgan fingerprint density at radius 3 is 2.71 bits per heavy atom. The standard InChI is InChI=1S/C14H12Cl3NO2S/c1-8(12-4-5-13(17)21-12)18-14(19)7-20-11-6-9(15)2-3-10(11)16/h2-6,8H,7H2,1H3,(H,18,19). The van der Waals surface area contributed by atoms with Gasteiger partial charge in [-0.1, -0.05) is 34.8 Å². The van der Waals surface area contributed by atoms with Crippen LogP contribution in [0.4, 0.5) is 0 Å². The largest absolute Gasteiger partial charge is 0.482 e. The third kappa shape index (κ3) is 4.78. The number of rotatable bonds is 5. The number of hydrogen-bond acceptors (Lipinski definition) is 3. The van der Waals surface area contributed by atoms with Gasteiger partial charge in [0, 0.05) is 16.0 Å². The topological polar surface area (TPSA) is 38.3 Å². The van der Waals surface area contributed by atoms with E-state index in [0.29, 0.717) is 20.1 Å². The van der Waals surface area contributed by atoms with E-state index in [2.05, 4.69) is 5.32 Å². The average molecular weight is 365 g/mol. The summed E-state index contributed by atoms with van der Waals surface area (Å²) in [7, 11) is 0. The molecule has 1 atom stereocenters. The van der Waals surface area contributed by atoms with Gasteiger partial charge < -0.3 is 10.1 Å². The Morgan fingerprint density at radius 1 is 1.29 bits per heavy atom. The fourth-order valence-corrected chi connectivity index (χ4v) is 3.04. The summed E-state index contributed by atoms with van der Waals surface area (Å²) in [6.45, 7) is 1.75. The molecule has 1 aromatic heterocycles. The second-order valence-corrected chi connectivity index (χ2v) is 6.88. The highest BCUT2D eigenvalue weighted by Gasteiger charge is 2.13. The number of nitrogens with one attached hydrogen (secondary N) is 1. The van der Waals surface area contributed by atoms with Gasteiger partial charge in [0.1, 0.15) is 5.75 Å². The predicted octanol–water partition coefficient (Wildman–Crippen LogP) is 4.96. The third-order valence-corrected chi connectivity index (χ3v) is 4.61. The zero-order valence-electron chi connectivity index (χ0n) is 11.0. The minimum Gasteiger partial charge on any atom is -0.482 e. The van der Waals surface area contributed by atoms with Gasteiger partial charge in [-0.25, -0.2) is 0 Å². The number of hydrogen-bond donors (Lipinski definition) is 1. The predicted molar refractivity (Wildman–Crippen MR) is 87.8 cm³/mol. The summed E-state index contributed by atoms with van der Waals surface area (Å²) in [4.78, 5) is 12.8. The minimum absolute atomic E-state index is 0.131. The first-order valence-corrected chi connectivity index (χ1v) is 8.03. The normalized spacial score (nSPS) is 12.0.